The zero-order valence-corrected chi connectivity index (χ0v) is 19.0. The minimum Gasteiger partial charge on any atom is -0.379 e. The van der Waals surface area contributed by atoms with Gasteiger partial charge in [0, 0.05) is 29.5 Å². The Balaban J connectivity index is 0.00000312. The molecule has 1 aromatic carbocycles. The van der Waals surface area contributed by atoms with Gasteiger partial charge in [0.1, 0.15) is 0 Å². The Kier molecular flexibility index (Phi) is 10.3. The van der Waals surface area contributed by atoms with E-state index in [1.165, 1.54) is 5.56 Å². The first kappa shape index (κ1) is 22.7. The van der Waals surface area contributed by atoms with Crippen LogP contribution in [0.4, 0.5) is 0 Å². The van der Waals surface area contributed by atoms with Crippen molar-refractivity contribution in [3.05, 3.63) is 34.3 Å². The zero-order valence-electron chi connectivity index (χ0n) is 15.1. The highest BCUT2D eigenvalue weighted by Crippen LogP contribution is 2.30. The molecule has 0 aromatic heterocycles. The molecule has 25 heavy (non-hydrogen) atoms. The number of guanidine groups is 1. The minimum absolute atomic E-state index is 0. The summed E-state index contributed by atoms with van der Waals surface area (Å²) in [5.74, 6) is 0.525. The summed E-state index contributed by atoms with van der Waals surface area (Å²) in [7, 11) is 0. The van der Waals surface area contributed by atoms with Crippen LogP contribution in [0.2, 0.25) is 0 Å². The first-order chi connectivity index (χ1) is 11.5. The van der Waals surface area contributed by atoms with Gasteiger partial charge in [0.25, 0.3) is 0 Å². The highest BCUT2D eigenvalue weighted by atomic mass is 127. The molecule has 1 saturated heterocycles. The number of morpholine rings is 1. The van der Waals surface area contributed by atoms with Crippen molar-refractivity contribution in [3.63, 3.8) is 0 Å². The van der Waals surface area contributed by atoms with Crippen molar-refractivity contribution in [1.82, 2.24) is 10.2 Å². The van der Waals surface area contributed by atoms with Gasteiger partial charge in [0.2, 0.25) is 0 Å². The smallest absolute Gasteiger partial charge is 0.188 e. The van der Waals surface area contributed by atoms with E-state index >= 15 is 0 Å². The van der Waals surface area contributed by atoms with Crippen LogP contribution in [0.15, 0.2) is 33.7 Å². The van der Waals surface area contributed by atoms with Crippen molar-refractivity contribution in [2.75, 3.05) is 45.9 Å². The standard InChI is InChI=1S/C18H29BrN4O.HI/c1-18(2,15-6-3-4-7-16(15)19)14-22-17(20)21-8-5-9-23-10-12-24-13-11-23;/h3-4,6-7H,5,8-14H2,1-2H3,(H3,20,21,22);1H. The van der Waals surface area contributed by atoms with Crippen LogP contribution in [0.1, 0.15) is 25.8 Å². The molecule has 0 saturated carbocycles. The van der Waals surface area contributed by atoms with Gasteiger partial charge in [-0.2, -0.15) is 0 Å². The molecular formula is C18H30BrIN4O. The van der Waals surface area contributed by atoms with Crippen LogP contribution in [0.3, 0.4) is 0 Å². The third-order valence-corrected chi connectivity index (χ3v) is 5.00. The molecule has 0 radical (unpaired) electrons. The Hall–Kier alpha value is -0.380. The van der Waals surface area contributed by atoms with Gasteiger partial charge in [-0.15, -0.1) is 24.0 Å². The average Bonchev–Trinajstić information content (AvgIpc) is 2.58. The Morgan fingerprint density at radius 3 is 2.68 bits per heavy atom. The average molecular weight is 525 g/mol. The molecule has 1 aliphatic heterocycles. The molecule has 0 atom stereocenters. The fourth-order valence-electron chi connectivity index (χ4n) is 2.78. The van der Waals surface area contributed by atoms with Gasteiger partial charge in [-0.3, -0.25) is 9.89 Å². The van der Waals surface area contributed by atoms with Crippen LogP contribution >= 0.6 is 39.9 Å². The Morgan fingerprint density at radius 1 is 1.32 bits per heavy atom. The molecule has 0 unspecified atom stereocenters. The molecule has 7 heteroatoms. The summed E-state index contributed by atoms with van der Waals surface area (Å²) in [6, 6.07) is 8.27. The van der Waals surface area contributed by atoms with Crippen molar-refractivity contribution in [3.8, 4) is 0 Å². The second-order valence-electron chi connectivity index (χ2n) is 6.80. The van der Waals surface area contributed by atoms with Crippen LogP contribution < -0.4 is 11.1 Å². The van der Waals surface area contributed by atoms with E-state index in [0.717, 1.165) is 50.3 Å². The molecule has 0 aliphatic carbocycles. The van der Waals surface area contributed by atoms with Crippen LogP contribution in [-0.4, -0.2) is 56.8 Å². The van der Waals surface area contributed by atoms with Crippen LogP contribution in [0.25, 0.3) is 0 Å². The maximum Gasteiger partial charge on any atom is 0.188 e. The molecule has 0 bridgehead atoms. The maximum absolute atomic E-state index is 6.01. The van der Waals surface area contributed by atoms with E-state index in [1.807, 2.05) is 6.07 Å². The minimum atomic E-state index is -0.0693. The second-order valence-corrected chi connectivity index (χ2v) is 7.65. The number of nitrogens with zero attached hydrogens (tertiary/aromatic N) is 2. The van der Waals surface area contributed by atoms with Crippen LogP contribution in [0.5, 0.6) is 0 Å². The van der Waals surface area contributed by atoms with E-state index < -0.39 is 0 Å². The summed E-state index contributed by atoms with van der Waals surface area (Å²) >= 11 is 3.62. The molecule has 1 heterocycles. The number of aliphatic imine (C=N–C) groups is 1. The number of nitrogens with one attached hydrogen (secondary N) is 1. The second kappa shape index (κ2) is 11.4. The van der Waals surface area contributed by atoms with Crippen LogP contribution in [-0.2, 0) is 10.2 Å². The van der Waals surface area contributed by atoms with E-state index in [-0.39, 0.29) is 29.4 Å². The van der Waals surface area contributed by atoms with E-state index in [1.54, 1.807) is 0 Å². The lowest BCUT2D eigenvalue weighted by Gasteiger charge is -2.26. The lowest BCUT2D eigenvalue weighted by Crippen LogP contribution is -2.39. The topological polar surface area (TPSA) is 62.9 Å². The van der Waals surface area contributed by atoms with Gasteiger partial charge in [-0.25, -0.2) is 0 Å². The van der Waals surface area contributed by atoms with Gasteiger partial charge >= 0.3 is 0 Å². The van der Waals surface area contributed by atoms with Gasteiger partial charge in [-0.05, 0) is 24.6 Å². The number of halogens is 2. The molecular weight excluding hydrogens is 495 g/mol. The summed E-state index contributed by atoms with van der Waals surface area (Å²) in [6.45, 7) is 10.7. The summed E-state index contributed by atoms with van der Waals surface area (Å²) in [6.07, 6.45) is 1.06. The van der Waals surface area contributed by atoms with Crippen LogP contribution in [0, 0.1) is 0 Å². The lowest BCUT2D eigenvalue weighted by atomic mass is 9.85. The molecule has 1 aromatic rings. The van der Waals surface area contributed by atoms with Gasteiger partial charge in [0.15, 0.2) is 5.96 Å². The van der Waals surface area contributed by atoms with Crippen molar-refractivity contribution in [1.29, 1.82) is 0 Å². The van der Waals surface area contributed by atoms with Crippen molar-refractivity contribution >= 4 is 45.9 Å². The summed E-state index contributed by atoms with van der Waals surface area (Å²) in [4.78, 5) is 6.95. The Labute approximate surface area is 176 Å². The molecule has 3 N–H and O–H groups in total. The summed E-state index contributed by atoms with van der Waals surface area (Å²) < 4.78 is 6.47. The van der Waals surface area contributed by atoms with E-state index in [9.17, 15) is 0 Å². The van der Waals surface area contributed by atoms with E-state index in [2.05, 4.69) is 63.2 Å². The summed E-state index contributed by atoms with van der Waals surface area (Å²) in [5.41, 5.74) is 7.18. The lowest BCUT2D eigenvalue weighted by molar-refractivity contribution is 0.0376. The number of ether oxygens (including phenoxy) is 1. The number of nitrogens with two attached hydrogens (primary N) is 1. The number of rotatable bonds is 7. The first-order valence-corrected chi connectivity index (χ1v) is 9.37. The SMILES string of the molecule is CC(C)(CN=C(N)NCCCN1CCOCC1)c1ccccc1Br.I. The fourth-order valence-corrected chi connectivity index (χ4v) is 3.60. The predicted octanol–water partition coefficient (Wildman–Crippen LogP) is 2.97. The zero-order chi connectivity index (χ0) is 17.4. The molecule has 2 rings (SSSR count). The van der Waals surface area contributed by atoms with Crippen molar-refractivity contribution < 1.29 is 4.74 Å². The van der Waals surface area contributed by atoms with Crippen molar-refractivity contribution in [2.24, 2.45) is 10.7 Å². The van der Waals surface area contributed by atoms with Gasteiger partial charge < -0.3 is 15.8 Å². The molecule has 0 amide bonds. The molecule has 5 nitrogen and oxygen atoms in total. The monoisotopic (exact) mass is 524 g/mol. The first-order valence-electron chi connectivity index (χ1n) is 8.58. The Bertz CT molecular complexity index is 548. The number of benzene rings is 1. The highest BCUT2D eigenvalue weighted by molar-refractivity contribution is 14.0. The fraction of sp³-hybridized carbons (Fsp3) is 0.611. The molecule has 142 valence electrons. The Morgan fingerprint density at radius 2 is 2.00 bits per heavy atom. The third kappa shape index (κ3) is 7.80. The summed E-state index contributed by atoms with van der Waals surface area (Å²) in [5, 5.41) is 3.22. The van der Waals surface area contributed by atoms with Crippen molar-refractivity contribution in [2.45, 2.75) is 25.7 Å². The normalized spacial score (nSPS) is 16.4. The highest BCUT2D eigenvalue weighted by Gasteiger charge is 2.22. The van der Waals surface area contributed by atoms with Gasteiger partial charge in [-0.1, -0.05) is 48.0 Å². The molecule has 1 aliphatic rings. The molecule has 1 fully saturated rings. The van der Waals surface area contributed by atoms with Gasteiger partial charge in [0.05, 0.1) is 19.8 Å². The third-order valence-electron chi connectivity index (χ3n) is 4.31. The maximum atomic E-state index is 6.01. The number of hydrogen-bond donors (Lipinski definition) is 2. The van der Waals surface area contributed by atoms with E-state index in [0.29, 0.717) is 12.5 Å². The largest absolute Gasteiger partial charge is 0.379 e. The quantitative estimate of drug-likeness (QED) is 0.249. The molecule has 0 spiro atoms. The van der Waals surface area contributed by atoms with E-state index in [4.69, 9.17) is 10.5 Å². The predicted molar refractivity (Wildman–Crippen MR) is 119 cm³/mol. The number of hydrogen-bond acceptors (Lipinski definition) is 3.